The number of piperazine rings is 2. The van der Waals surface area contributed by atoms with Crippen molar-refractivity contribution in [1.29, 1.82) is 0 Å². The summed E-state index contributed by atoms with van der Waals surface area (Å²) in [6.07, 6.45) is -1.84. The van der Waals surface area contributed by atoms with E-state index in [4.69, 9.17) is 14.6 Å². The maximum absolute atomic E-state index is 12.7. The van der Waals surface area contributed by atoms with Crippen molar-refractivity contribution in [2.24, 2.45) is 0 Å². The first-order chi connectivity index (χ1) is 17.1. The highest BCUT2D eigenvalue weighted by atomic mass is 16.6. The summed E-state index contributed by atoms with van der Waals surface area (Å²) in [4.78, 5) is 88.2. The summed E-state index contributed by atoms with van der Waals surface area (Å²) in [7, 11) is 0. The van der Waals surface area contributed by atoms with Gasteiger partial charge in [-0.25, -0.2) is 14.5 Å². The van der Waals surface area contributed by atoms with Gasteiger partial charge in [-0.2, -0.15) is 0 Å². The van der Waals surface area contributed by atoms with Crippen LogP contribution in [0.3, 0.4) is 0 Å². The molecule has 2 aliphatic heterocycles. The summed E-state index contributed by atoms with van der Waals surface area (Å²) in [6, 6.07) is -2.32. The Morgan fingerprint density at radius 1 is 0.946 bits per heavy atom. The van der Waals surface area contributed by atoms with Crippen molar-refractivity contribution < 1.29 is 48.1 Å². The molecule has 2 saturated heterocycles. The molecule has 0 spiro atoms. The molecule has 2 rings (SSSR count). The zero-order chi connectivity index (χ0) is 28.1. The average molecular weight is 528 g/mol. The molecule has 2 aliphatic rings. The average Bonchev–Trinajstić information content (AvgIpc) is 2.74. The van der Waals surface area contributed by atoms with Crippen molar-refractivity contribution in [1.82, 2.24) is 25.3 Å². The van der Waals surface area contributed by atoms with E-state index in [2.05, 4.69) is 10.6 Å². The van der Waals surface area contributed by atoms with Crippen LogP contribution >= 0.6 is 0 Å². The summed E-state index contributed by atoms with van der Waals surface area (Å²) in [5, 5.41) is 13.4. The van der Waals surface area contributed by atoms with E-state index in [-0.39, 0.29) is 38.3 Å². The maximum atomic E-state index is 12.7. The topological polar surface area (TPSA) is 192 Å². The standard InChI is InChI=1S/C22H33N5O10/c1-12(25-7-15(28)24-16(29)8-25)13(2)26-9-17(30)27(18(31)10-26)11-36-20(34)14(6-19(32)33)23-21(35)37-22(3,4)5/h12-14H,6-11H2,1-5H3,(H,23,35)(H,32,33)(H,24,28,29). The van der Waals surface area contributed by atoms with Gasteiger partial charge in [0.05, 0.1) is 32.6 Å². The minimum atomic E-state index is -1.61. The van der Waals surface area contributed by atoms with Crippen molar-refractivity contribution in [3.05, 3.63) is 0 Å². The molecule has 37 heavy (non-hydrogen) atoms. The lowest BCUT2D eigenvalue weighted by Gasteiger charge is -2.42. The number of nitrogens with zero attached hydrogens (tertiary/aromatic N) is 3. The molecular weight excluding hydrogens is 494 g/mol. The van der Waals surface area contributed by atoms with Crippen LogP contribution in [-0.2, 0) is 38.2 Å². The lowest BCUT2D eigenvalue weighted by Crippen LogP contribution is -2.62. The van der Waals surface area contributed by atoms with Crippen LogP contribution in [0.15, 0.2) is 0 Å². The van der Waals surface area contributed by atoms with Crippen LogP contribution in [-0.4, -0.2) is 118 Å². The van der Waals surface area contributed by atoms with Gasteiger partial charge in [-0.15, -0.1) is 0 Å². The highest BCUT2D eigenvalue weighted by molar-refractivity contribution is 6.00. The smallest absolute Gasteiger partial charge is 0.408 e. The van der Waals surface area contributed by atoms with E-state index in [0.717, 1.165) is 4.90 Å². The SMILES string of the molecule is CC(C(C)N1CC(=O)N(COC(=O)C(CC(=O)O)NC(=O)OC(C)(C)C)C(=O)C1)N1CC(=O)NC(=O)C1. The fourth-order valence-corrected chi connectivity index (χ4v) is 3.75. The molecule has 15 heteroatoms. The third-order valence-electron chi connectivity index (χ3n) is 5.79. The van der Waals surface area contributed by atoms with Gasteiger partial charge in [0.1, 0.15) is 11.6 Å². The van der Waals surface area contributed by atoms with E-state index in [9.17, 15) is 33.6 Å². The van der Waals surface area contributed by atoms with Crippen LogP contribution in [0.1, 0.15) is 41.0 Å². The lowest BCUT2D eigenvalue weighted by atomic mass is 10.1. The second-order valence-electron chi connectivity index (χ2n) is 9.87. The Bertz CT molecular complexity index is 928. The number of rotatable bonds is 9. The molecule has 0 radical (unpaired) electrons. The van der Waals surface area contributed by atoms with Crippen LogP contribution in [0.4, 0.5) is 4.79 Å². The number of hydrogen-bond donors (Lipinski definition) is 3. The molecule has 0 aromatic carbocycles. The van der Waals surface area contributed by atoms with Crippen molar-refractivity contribution >= 4 is 41.7 Å². The number of imide groups is 2. The van der Waals surface area contributed by atoms with Gasteiger partial charge >= 0.3 is 18.0 Å². The first kappa shape index (κ1) is 29.6. The molecule has 3 unspecified atom stereocenters. The number of carbonyl (C=O) groups excluding carboxylic acids is 6. The third kappa shape index (κ3) is 8.78. The molecule has 3 atom stereocenters. The van der Waals surface area contributed by atoms with Gasteiger partial charge in [-0.3, -0.25) is 39.1 Å². The molecule has 2 heterocycles. The van der Waals surface area contributed by atoms with Gasteiger partial charge < -0.3 is 19.9 Å². The molecule has 0 aromatic rings. The van der Waals surface area contributed by atoms with E-state index in [0.29, 0.717) is 0 Å². The minimum absolute atomic E-state index is 0.00387. The highest BCUT2D eigenvalue weighted by Crippen LogP contribution is 2.16. The number of esters is 1. The number of carboxylic acid groups (broad SMARTS) is 1. The van der Waals surface area contributed by atoms with Crippen LogP contribution in [0, 0.1) is 0 Å². The van der Waals surface area contributed by atoms with E-state index in [1.54, 1.807) is 44.4 Å². The second kappa shape index (κ2) is 12.1. The van der Waals surface area contributed by atoms with Crippen molar-refractivity contribution in [3.8, 4) is 0 Å². The first-order valence-electron chi connectivity index (χ1n) is 11.6. The minimum Gasteiger partial charge on any atom is -0.481 e. The first-order valence-corrected chi connectivity index (χ1v) is 11.6. The van der Waals surface area contributed by atoms with Gasteiger partial charge in [0.15, 0.2) is 6.73 Å². The normalized spacial score (nSPS) is 20.1. The molecule has 0 bridgehead atoms. The Kier molecular flexibility index (Phi) is 9.69. The number of aliphatic carboxylic acids is 1. The molecule has 0 aromatic heterocycles. The molecule has 0 saturated carbocycles. The van der Waals surface area contributed by atoms with Gasteiger partial charge in [-0.05, 0) is 34.6 Å². The zero-order valence-electron chi connectivity index (χ0n) is 21.4. The number of carbonyl (C=O) groups is 7. The van der Waals surface area contributed by atoms with Crippen molar-refractivity contribution in [2.75, 3.05) is 32.9 Å². The van der Waals surface area contributed by atoms with Crippen LogP contribution in [0.5, 0.6) is 0 Å². The molecule has 2 fully saturated rings. The van der Waals surface area contributed by atoms with Gasteiger partial charge in [-0.1, -0.05) is 0 Å². The van der Waals surface area contributed by atoms with Crippen molar-refractivity contribution in [3.63, 3.8) is 0 Å². The fraction of sp³-hybridized carbons (Fsp3) is 0.682. The van der Waals surface area contributed by atoms with Crippen LogP contribution < -0.4 is 10.6 Å². The van der Waals surface area contributed by atoms with Gasteiger partial charge in [0, 0.05) is 12.1 Å². The number of carboxylic acids is 1. The summed E-state index contributed by atoms with van der Waals surface area (Å²) in [6.45, 7) is 7.13. The molecule has 0 aliphatic carbocycles. The molecule has 5 amide bonds. The molecule has 3 N–H and O–H groups in total. The Labute approximate surface area is 213 Å². The fourth-order valence-electron chi connectivity index (χ4n) is 3.75. The Balaban J connectivity index is 1.96. The van der Waals surface area contributed by atoms with E-state index in [1.807, 2.05) is 0 Å². The predicted octanol–water partition coefficient (Wildman–Crippen LogP) is -1.74. The largest absolute Gasteiger partial charge is 0.481 e. The van der Waals surface area contributed by atoms with Crippen molar-refractivity contribution in [2.45, 2.75) is 64.8 Å². The number of amides is 5. The molecule has 15 nitrogen and oxygen atoms in total. The highest BCUT2D eigenvalue weighted by Gasteiger charge is 2.38. The number of alkyl carbamates (subject to hydrolysis) is 1. The second-order valence-corrected chi connectivity index (χ2v) is 9.87. The van der Waals surface area contributed by atoms with E-state index < -0.39 is 66.5 Å². The molecule has 206 valence electrons. The predicted molar refractivity (Wildman–Crippen MR) is 123 cm³/mol. The Hall–Kier alpha value is -3.59. The maximum Gasteiger partial charge on any atom is 0.408 e. The molecular formula is C22H33N5O10. The summed E-state index contributed by atoms with van der Waals surface area (Å²) >= 11 is 0. The Morgan fingerprint density at radius 2 is 1.43 bits per heavy atom. The number of ether oxygens (including phenoxy) is 2. The Morgan fingerprint density at radius 3 is 1.89 bits per heavy atom. The number of nitrogens with one attached hydrogen (secondary N) is 2. The summed E-state index contributed by atoms with van der Waals surface area (Å²) in [5.74, 6) is -4.75. The van der Waals surface area contributed by atoms with Crippen LogP contribution in [0.25, 0.3) is 0 Å². The summed E-state index contributed by atoms with van der Waals surface area (Å²) in [5.41, 5.74) is -0.898. The van der Waals surface area contributed by atoms with Gasteiger partial charge in [0.25, 0.3) is 0 Å². The lowest BCUT2D eigenvalue weighted by molar-refractivity contribution is -0.167. The van der Waals surface area contributed by atoms with E-state index >= 15 is 0 Å². The summed E-state index contributed by atoms with van der Waals surface area (Å²) < 4.78 is 10.00. The third-order valence-corrected chi connectivity index (χ3v) is 5.79. The van der Waals surface area contributed by atoms with E-state index in [1.165, 1.54) is 0 Å². The number of hydrogen-bond acceptors (Lipinski definition) is 11. The zero-order valence-corrected chi connectivity index (χ0v) is 21.4. The quantitative estimate of drug-likeness (QED) is 0.227. The van der Waals surface area contributed by atoms with Crippen LogP contribution in [0.2, 0.25) is 0 Å². The monoisotopic (exact) mass is 527 g/mol. The van der Waals surface area contributed by atoms with Gasteiger partial charge in [0.2, 0.25) is 23.6 Å².